The lowest BCUT2D eigenvalue weighted by Gasteiger charge is -2.10. The molecule has 9 heavy (non-hydrogen) atoms. The second-order valence-corrected chi connectivity index (χ2v) is 1.81. The summed E-state index contributed by atoms with van der Waals surface area (Å²) in [7, 11) is 0. The van der Waals surface area contributed by atoms with Crippen molar-refractivity contribution in [3.8, 4) is 0 Å². The van der Waals surface area contributed by atoms with Crippen molar-refractivity contribution in [2.24, 2.45) is 0 Å². The van der Waals surface area contributed by atoms with Crippen molar-refractivity contribution in [1.82, 2.24) is 0 Å². The van der Waals surface area contributed by atoms with Crippen LogP contribution in [0.2, 0.25) is 0 Å². The van der Waals surface area contributed by atoms with Crippen LogP contribution in [0.15, 0.2) is 0 Å². The Bertz CT molecular complexity index is 101. The molecule has 0 rings (SSSR count). The molecule has 0 saturated carbocycles. The topological polar surface area (TPSA) is 77.8 Å². The molecule has 54 valence electrons. The van der Waals surface area contributed by atoms with Crippen LogP contribution in [-0.2, 0) is 4.79 Å². The number of Topliss-reactive ketones (excluding diaryl/α,β-unsaturated/α-hetero) is 1. The fourth-order valence-corrected chi connectivity index (χ4v) is 0.371. The highest BCUT2D eigenvalue weighted by Gasteiger charge is 2.18. The van der Waals surface area contributed by atoms with Gasteiger partial charge in [0, 0.05) is 0 Å². The van der Waals surface area contributed by atoms with Gasteiger partial charge in [-0.2, -0.15) is 0 Å². The summed E-state index contributed by atoms with van der Waals surface area (Å²) < 4.78 is 0. The van der Waals surface area contributed by atoms with E-state index in [2.05, 4.69) is 0 Å². The first-order valence-corrected chi connectivity index (χ1v) is 2.57. The fraction of sp³-hybridized carbons (Fsp3) is 0.800. The maximum atomic E-state index is 10.2. The summed E-state index contributed by atoms with van der Waals surface area (Å²) in [5, 5.41) is 25.4. The quantitative estimate of drug-likeness (QED) is 0.406. The van der Waals surface area contributed by atoms with Crippen molar-refractivity contribution < 1.29 is 20.1 Å². The number of rotatable bonds is 3. The van der Waals surface area contributed by atoms with Crippen LogP contribution < -0.4 is 0 Å². The normalized spacial score (nSPS) is 16.9. The number of carbonyl (C=O) groups is 1. The van der Waals surface area contributed by atoms with E-state index in [0.29, 0.717) is 0 Å². The Hall–Kier alpha value is -0.450. The summed E-state index contributed by atoms with van der Waals surface area (Å²) in [6.45, 7) is 0.546. The molecule has 0 aromatic rings. The number of aliphatic hydroxyl groups excluding tert-OH is 3. The molecule has 3 N–H and O–H groups in total. The van der Waals surface area contributed by atoms with Crippen LogP contribution in [-0.4, -0.2) is 39.9 Å². The molecule has 0 aromatic carbocycles. The van der Waals surface area contributed by atoms with Crippen molar-refractivity contribution in [3.05, 3.63) is 0 Å². The molecule has 0 amide bonds. The summed E-state index contributed by atoms with van der Waals surface area (Å²) in [5.74, 6) is -0.545. The van der Waals surface area contributed by atoms with Gasteiger partial charge in [0.2, 0.25) is 0 Å². The lowest BCUT2D eigenvalue weighted by atomic mass is 10.2. The third-order valence-corrected chi connectivity index (χ3v) is 0.968. The van der Waals surface area contributed by atoms with Gasteiger partial charge in [-0.15, -0.1) is 0 Å². The van der Waals surface area contributed by atoms with Gasteiger partial charge in [-0.3, -0.25) is 4.79 Å². The SMILES string of the molecule is CC(=O)[C@@H]([18OH])[C@H]([18OH])CO. The lowest BCUT2D eigenvalue weighted by Crippen LogP contribution is -2.34. The van der Waals surface area contributed by atoms with Gasteiger partial charge in [0.05, 0.1) is 6.61 Å². The minimum absolute atomic E-state index is 0.545. The number of aliphatic hydroxyl groups is 3. The predicted octanol–water partition coefficient (Wildman–Crippen LogP) is -1.71. The summed E-state index contributed by atoms with van der Waals surface area (Å²) >= 11 is 0. The minimum atomic E-state index is -1.45. The van der Waals surface area contributed by atoms with Gasteiger partial charge in [-0.1, -0.05) is 0 Å². The molecular formula is C5H10O4. The summed E-state index contributed by atoms with van der Waals surface area (Å²) in [6, 6.07) is 0. The highest BCUT2D eigenvalue weighted by Crippen LogP contribution is 1.92. The van der Waals surface area contributed by atoms with Crippen molar-refractivity contribution in [2.75, 3.05) is 6.61 Å². The van der Waals surface area contributed by atoms with Crippen LogP contribution in [0.5, 0.6) is 0 Å². The van der Waals surface area contributed by atoms with Crippen LogP contribution in [0.4, 0.5) is 0 Å². The fourth-order valence-electron chi connectivity index (χ4n) is 0.371. The molecular weight excluding hydrogens is 128 g/mol. The van der Waals surface area contributed by atoms with Crippen molar-refractivity contribution in [2.45, 2.75) is 19.1 Å². The maximum absolute atomic E-state index is 10.2. The first-order chi connectivity index (χ1) is 4.09. The molecule has 0 bridgehead atoms. The highest BCUT2D eigenvalue weighted by molar-refractivity contribution is 5.80. The first kappa shape index (κ1) is 8.55. The average Bonchev–Trinajstić information content (AvgIpc) is 1.84. The van der Waals surface area contributed by atoms with Crippen molar-refractivity contribution in [3.63, 3.8) is 0 Å². The Kier molecular flexibility index (Phi) is 3.37. The van der Waals surface area contributed by atoms with E-state index in [1.807, 2.05) is 0 Å². The molecule has 0 fully saturated rings. The third kappa shape index (κ3) is 2.55. The Balaban J connectivity index is 3.72. The Morgan fingerprint density at radius 3 is 2.22 bits per heavy atom. The molecule has 0 spiro atoms. The van der Waals surface area contributed by atoms with E-state index in [9.17, 15) is 4.79 Å². The first-order valence-electron chi connectivity index (χ1n) is 2.57. The van der Waals surface area contributed by atoms with E-state index in [1.54, 1.807) is 0 Å². The van der Waals surface area contributed by atoms with Crippen LogP contribution in [0.1, 0.15) is 6.92 Å². The molecule has 0 heterocycles. The van der Waals surface area contributed by atoms with E-state index in [-0.39, 0.29) is 0 Å². The second-order valence-electron chi connectivity index (χ2n) is 1.81. The van der Waals surface area contributed by atoms with E-state index in [4.69, 9.17) is 15.3 Å². The van der Waals surface area contributed by atoms with Gasteiger partial charge in [0.25, 0.3) is 0 Å². The van der Waals surface area contributed by atoms with Gasteiger partial charge in [0.1, 0.15) is 12.2 Å². The summed E-state index contributed by atoms with van der Waals surface area (Å²) in [5.41, 5.74) is 0. The zero-order valence-corrected chi connectivity index (χ0v) is 5.11. The standard InChI is InChI=1S/C5H10O4/c1-3(7)5(9)4(8)2-6/h4-6,8-9H,2H2,1H3/t4-,5-/m1/s1/i8+2,9+2. The average molecular weight is 138 g/mol. The molecule has 0 aliphatic rings. The molecule has 2 atom stereocenters. The molecule has 0 aromatic heterocycles. The zero-order valence-electron chi connectivity index (χ0n) is 5.11. The molecule has 0 aliphatic carbocycles. The Labute approximate surface area is 52.7 Å². The largest absolute Gasteiger partial charge is 0.394 e. The Morgan fingerprint density at radius 2 is 2.11 bits per heavy atom. The maximum Gasteiger partial charge on any atom is 0.160 e. The Morgan fingerprint density at radius 1 is 1.67 bits per heavy atom. The second kappa shape index (κ2) is 3.55. The molecule has 4 heteroatoms. The van der Waals surface area contributed by atoms with Gasteiger partial charge >= 0.3 is 0 Å². The van der Waals surface area contributed by atoms with Gasteiger partial charge < -0.3 is 15.3 Å². The van der Waals surface area contributed by atoms with Gasteiger partial charge in [-0.05, 0) is 6.92 Å². The molecule has 4 nitrogen and oxygen atoms in total. The van der Waals surface area contributed by atoms with E-state index in [0.717, 1.165) is 6.92 Å². The monoisotopic (exact) mass is 138 g/mol. The van der Waals surface area contributed by atoms with Crippen LogP contribution >= 0.6 is 0 Å². The van der Waals surface area contributed by atoms with Crippen molar-refractivity contribution >= 4 is 5.78 Å². The van der Waals surface area contributed by atoms with E-state index in [1.165, 1.54) is 0 Å². The third-order valence-electron chi connectivity index (χ3n) is 0.968. The minimum Gasteiger partial charge on any atom is -0.394 e. The van der Waals surface area contributed by atoms with Gasteiger partial charge in [-0.25, -0.2) is 0 Å². The van der Waals surface area contributed by atoms with Crippen LogP contribution in [0.3, 0.4) is 0 Å². The van der Waals surface area contributed by atoms with E-state index < -0.39 is 24.6 Å². The summed E-state index contributed by atoms with van der Waals surface area (Å²) in [4.78, 5) is 10.2. The molecule has 0 radical (unpaired) electrons. The summed E-state index contributed by atoms with van der Waals surface area (Å²) in [6.07, 6.45) is -2.79. The van der Waals surface area contributed by atoms with Gasteiger partial charge in [0.15, 0.2) is 5.78 Å². The van der Waals surface area contributed by atoms with Crippen LogP contribution in [0.25, 0.3) is 0 Å². The smallest absolute Gasteiger partial charge is 0.160 e. The van der Waals surface area contributed by atoms with E-state index >= 15 is 0 Å². The highest BCUT2D eigenvalue weighted by atomic mass is 18.2. The number of carbonyl (C=O) groups excluding carboxylic acids is 1. The predicted molar refractivity (Wildman–Crippen MR) is 29.8 cm³/mol. The number of ketones is 1. The van der Waals surface area contributed by atoms with Crippen LogP contribution in [0, 0.1) is 0 Å². The molecule has 0 unspecified atom stereocenters. The zero-order chi connectivity index (χ0) is 7.44. The number of hydrogen-bond donors (Lipinski definition) is 3. The molecule has 0 saturated heterocycles. The number of hydrogen-bond acceptors (Lipinski definition) is 4. The van der Waals surface area contributed by atoms with Crippen molar-refractivity contribution in [1.29, 1.82) is 0 Å². The lowest BCUT2D eigenvalue weighted by molar-refractivity contribution is -0.132. The molecule has 0 aliphatic heterocycles.